The van der Waals surface area contributed by atoms with Gasteiger partial charge in [-0.25, -0.2) is 21.9 Å². The molecule has 0 radical (unpaired) electrons. The summed E-state index contributed by atoms with van der Waals surface area (Å²) in [5, 5.41) is 4.72. The van der Waals surface area contributed by atoms with Crippen LogP contribution in [0.3, 0.4) is 0 Å². The number of benzene rings is 3. The molecule has 0 aliphatic rings. The molecule has 0 saturated carbocycles. The lowest BCUT2D eigenvalue weighted by Gasteiger charge is -2.13. The predicted molar refractivity (Wildman–Crippen MR) is 146 cm³/mol. The molecule has 0 spiro atoms. The Kier molecular flexibility index (Phi) is 6.67. The van der Waals surface area contributed by atoms with E-state index in [2.05, 4.69) is 14.8 Å². The van der Waals surface area contributed by atoms with Crippen LogP contribution in [0.4, 0.5) is 20.3 Å². The highest BCUT2D eigenvalue weighted by molar-refractivity contribution is 7.92. The fourth-order valence-electron chi connectivity index (χ4n) is 4.27. The summed E-state index contributed by atoms with van der Waals surface area (Å²) in [6.07, 6.45) is 2.23. The van der Waals surface area contributed by atoms with Crippen LogP contribution in [0.25, 0.3) is 16.6 Å². The largest absolute Gasteiger partial charge is 0.495 e. The summed E-state index contributed by atoms with van der Waals surface area (Å²) in [6, 6.07) is 13.0. The van der Waals surface area contributed by atoms with Crippen molar-refractivity contribution in [1.82, 2.24) is 14.8 Å². The fraction of sp³-hybridized carbons (Fsp3) is 0.111. The van der Waals surface area contributed by atoms with Crippen molar-refractivity contribution in [2.75, 3.05) is 23.8 Å². The van der Waals surface area contributed by atoms with E-state index in [0.29, 0.717) is 16.5 Å². The van der Waals surface area contributed by atoms with E-state index in [1.165, 1.54) is 43.6 Å². The Hall–Kier alpha value is -4.91. The third-order valence-electron chi connectivity index (χ3n) is 6.04. The summed E-state index contributed by atoms with van der Waals surface area (Å²) in [5.41, 5.74) is 7.44. The number of carbonyl (C=O) groups excluding carboxylic acids is 1. The molecule has 13 heteroatoms. The molecule has 10 nitrogen and oxygen atoms in total. The molecule has 5 aromatic rings. The highest BCUT2D eigenvalue weighted by atomic mass is 32.2. The number of ketones is 1. The van der Waals surface area contributed by atoms with Gasteiger partial charge in [0.15, 0.2) is 17.4 Å². The van der Waals surface area contributed by atoms with Crippen molar-refractivity contribution in [3.63, 3.8) is 0 Å². The summed E-state index contributed by atoms with van der Waals surface area (Å²) >= 11 is 0. The number of nitrogens with zero attached hydrogens (tertiary/aromatic N) is 2. The molecule has 0 saturated heterocycles. The second kappa shape index (κ2) is 10.0. The molecule has 2 heterocycles. The number of halogens is 2. The van der Waals surface area contributed by atoms with Gasteiger partial charge in [0.05, 0.1) is 36.5 Å². The third kappa shape index (κ3) is 5.06. The number of nitrogen functional groups attached to an aromatic ring is 1. The highest BCUT2D eigenvalue weighted by Crippen LogP contribution is 2.33. The van der Waals surface area contributed by atoms with Gasteiger partial charge < -0.3 is 20.2 Å². The molecule has 0 aliphatic carbocycles. The number of nitrogens with one attached hydrogen (secondary N) is 2. The summed E-state index contributed by atoms with van der Waals surface area (Å²) in [7, 11) is -2.19. The molecule has 0 amide bonds. The number of rotatable bonds is 8. The maximum absolute atomic E-state index is 15.2. The number of methoxy groups -OCH3 is 1. The third-order valence-corrected chi connectivity index (χ3v) is 6.63. The first-order chi connectivity index (χ1) is 18.9. The average molecular weight is 568 g/mol. The molecule has 0 unspecified atom stereocenters. The van der Waals surface area contributed by atoms with Crippen LogP contribution in [0, 0.1) is 18.6 Å². The topological polar surface area (TPSA) is 141 Å². The number of hydrogen-bond donors (Lipinski definition) is 3. The molecule has 5 rings (SSSR count). The van der Waals surface area contributed by atoms with Gasteiger partial charge in [-0.1, -0.05) is 12.1 Å². The number of aromatic amines is 1. The van der Waals surface area contributed by atoms with Gasteiger partial charge in [-0.15, -0.1) is 0 Å². The van der Waals surface area contributed by atoms with Crippen LogP contribution in [0.5, 0.6) is 17.2 Å². The Morgan fingerprint density at radius 3 is 2.50 bits per heavy atom. The Morgan fingerprint density at radius 1 is 1.07 bits per heavy atom. The summed E-state index contributed by atoms with van der Waals surface area (Å²) in [5.74, 6) is -1.69. The number of para-hydroxylation sites is 1. The van der Waals surface area contributed by atoms with E-state index in [4.69, 9.17) is 15.2 Å². The fourth-order valence-corrected chi connectivity index (χ4v) is 4.83. The van der Waals surface area contributed by atoms with Gasteiger partial charge in [-0.2, -0.15) is 5.10 Å². The summed E-state index contributed by atoms with van der Waals surface area (Å²) in [6.45, 7) is 1.60. The Labute approximate surface area is 227 Å². The number of aromatic nitrogens is 3. The van der Waals surface area contributed by atoms with E-state index >= 15 is 4.39 Å². The minimum atomic E-state index is -3.58. The molecule has 0 fully saturated rings. The second-order valence-corrected chi connectivity index (χ2v) is 10.7. The normalized spacial score (nSPS) is 11.5. The smallest absolute Gasteiger partial charge is 0.229 e. The molecular formula is C27H23F2N5O5S. The van der Waals surface area contributed by atoms with E-state index in [0.717, 1.165) is 17.0 Å². The van der Waals surface area contributed by atoms with Crippen LogP contribution in [-0.4, -0.2) is 42.3 Å². The van der Waals surface area contributed by atoms with Crippen LogP contribution in [0.15, 0.2) is 60.8 Å². The molecule has 2 aromatic heterocycles. The average Bonchev–Trinajstić information content (AvgIpc) is 3.46. The van der Waals surface area contributed by atoms with Crippen LogP contribution >= 0.6 is 0 Å². The van der Waals surface area contributed by atoms with Gasteiger partial charge >= 0.3 is 0 Å². The minimum Gasteiger partial charge on any atom is -0.495 e. The van der Waals surface area contributed by atoms with Crippen molar-refractivity contribution in [3.8, 4) is 22.9 Å². The van der Waals surface area contributed by atoms with Gasteiger partial charge in [0.25, 0.3) is 0 Å². The minimum absolute atomic E-state index is 0.00434. The van der Waals surface area contributed by atoms with Crippen LogP contribution in [0.1, 0.15) is 21.6 Å². The Balaban J connectivity index is 1.47. The van der Waals surface area contributed by atoms with Crippen LogP contribution in [-0.2, 0) is 10.0 Å². The van der Waals surface area contributed by atoms with E-state index in [-0.39, 0.29) is 45.7 Å². The van der Waals surface area contributed by atoms with Gasteiger partial charge in [0, 0.05) is 17.0 Å². The number of fused-ring (bicyclic) bond motifs is 1. The zero-order chi connectivity index (χ0) is 28.8. The molecule has 40 heavy (non-hydrogen) atoms. The maximum Gasteiger partial charge on any atom is 0.229 e. The second-order valence-electron chi connectivity index (χ2n) is 8.98. The molecule has 3 aromatic carbocycles. The number of H-pyrrole nitrogens is 1. The van der Waals surface area contributed by atoms with Crippen molar-refractivity contribution in [1.29, 1.82) is 0 Å². The number of sulfonamides is 1. The Morgan fingerprint density at radius 2 is 1.82 bits per heavy atom. The van der Waals surface area contributed by atoms with Crippen molar-refractivity contribution in [2.45, 2.75) is 6.92 Å². The molecule has 0 bridgehead atoms. The van der Waals surface area contributed by atoms with E-state index in [9.17, 15) is 17.6 Å². The summed E-state index contributed by atoms with van der Waals surface area (Å²) < 4.78 is 66.9. The first-order valence-electron chi connectivity index (χ1n) is 11.7. The number of ether oxygens (including phenoxy) is 2. The van der Waals surface area contributed by atoms with Crippen molar-refractivity contribution in [3.05, 3.63) is 89.2 Å². The standard InChI is InChI=1S/C27H23F2N5O5S/c1-14-8-16(39-23-7-5-4-6-18(23)28)11-19(29)25(14)34-27(30)17(13-31-34)26(35)22-9-15-10-24(38-2)21(12-20(15)32-22)33-40(3,36)37/h4-13,32-33H,30H2,1-3H3. The molecule has 0 atom stereocenters. The van der Waals surface area contributed by atoms with Crippen LogP contribution < -0.4 is 19.9 Å². The lowest BCUT2D eigenvalue weighted by atomic mass is 10.1. The van der Waals surface area contributed by atoms with E-state index in [1.807, 2.05) is 0 Å². The highest BCUT2D eigenvalue weighted by Gasteiger charge is 2.23. The first kappa shape index (κ1) is 26.7. The van der Waals surface area contributed by atoms with Crippen LogP contribution in [0.2, 0.25) is 0 Å². The molecule has 206 valence electrons. The van der Waals surface area contributed by atoms with Gasteiger partial charge in [-0.3, -0.25) is 9.52 Å². The lowest BCUT2D eigenvalue weighted by molar-refractivity contribution is 0.103. The van der Waals surface area contributed by atoms with E-state index in [1.54, 1.807) is 25.1 Å². The van der Waals surface area contributed by atoms with Crippen molar-refractivity contribution in [2.24, 2.45) is 0 Å². The van der Waals surface area contributed by atoms with Crippen molar-refractivity contribution < 1.29 is 31.5 Å². The zero-order valence-electron chi connectivity index (χ0n) is 21.5. The number of carbonyl (C=O) groups is 1. The molecule has 0 aliphatic heterocycles. The van der Waals surface area contributed by atoms with Gasteiger partial charge in [0.1, 0.15) is 23.0 Å². The maximum atomic E-state index is 15.2. The lowest BCUT2D eigenvalue weighted by Crippen LogP contribution is -2.10. The monoisotopic (exact) mass is 567 g/mol. The number of aryl methyl sites for hydroxylation is 1. The van der Waals surface area contributed by atoms with Crippen molar-refractivity contribution >= 4 is 38.2 Å². The predicted octanol–water partition coefficient (Wildman–Crippen LogP) is 4.93. The zero-order valence-corrected chi connectivity index (χ0v) is 22.3. The van der Waals surface area contributed by atoms with E-state index < -0.39 is 27.4 Å². The summed E-state index contributed by atoms with van der Waals surface area (Å²) in [4.78, 5) is 16.3. The number of anilines is 2. The SMILES string of the molecule is COc1cc2cc(C(=O)c3cnn(-c4c(C)cc(Oc5ccccc5F)cc4F)c3N)[nH]c2cc1NS(C)(=O)=O. The quantitative estimate of drug-likeness (QED) is 0.226. The van der Waals surface area contributed by atoms with Gasteiger partial charge in [0.2, 0.25) is 15.8 Å². The number of hydrogen-bond acceptors (Lipinski definition) is 7. The molecule has 4 N–H and O–H groups in total. The first-order valence-corrected chi connectivity index (χ1v) is 13.6. The number of nitrogens with two attached hydrogens (primary N) is 1. The Bertz CT molecular complexity index is 1880. The van der Waals surface area contributed by atoms with Gasteiger partial charge in [-0.05, 0) is 48.9 Å². The molecular weight excluding hydrogens is 544 g/mol.